The maximum absolute atomic E-state index is 10.4. The van der Waals surface area contributed by atoms with Gasteiger partial charge in [-0.1, -0.05) is 6.08 Å². The van der Waals surface area contributed by atoms with Gasteiger partial charge >= 0.3 is 0 Å². The summed E-state index contributed by atoms with van der Waals surface area (Å²) in [6.07, 6.45) is 2.47. The van der Waals surface area contributed by atoms with Crippen LogP contribution in [0.25, 0.3) is 0 Å². The van der Waals surface area contributed by atoms with Crippen molar-refractivity contribution in [1.82, 2.24) is 0 Å². The molecule has 0 heterocycles. The summed E-state index contributed by atoms with van der Waals surface area (Å²) in [5.74, 6) is 0.556. The third-order valence-corrected chi connectivity index (χ3v) is 1.62. The van der Waals surface area contributed by atoms with E-state index in [9.17, 15) is 4.21 Å². The SMILES string of the molecule is C=CCCS(=O)OC.[Na]. The Morgan fingerprint density at radius 1 is 1.78 bits per heavy atom. The molecule has 0 aliphatic carbocycles. The molecule has 0 aromatic rings. The van der Waals surface area contributed by atoms with Gasteiger partial charge in [-0.05, 0) is 6.42 Å². The van der Waals surface area contributed by atoms with Crippen LogP contribution in [0, 0.1) is 0 Å². The fraction of sp³-hybridized carbons (Fsp3) is 0.600. The van der Waals surface area contributed by atoms with E-state index in [2.05, 4.69) is 10.8 Å². The Morgan fingerprint density at radius 3 is 2.67 bits per heavy atom. The van der Waals surface area contributed by atoms with Gasteiger partial charge in [0, 0.05) is 29.6 Å². The van der Waals surface area contributed by atoms with E-state index in [1.165, 1.54) is 7.11 Å². The third-order valence-electron chi connectivity index (χ3n) is 0.675. The summed E-state index contributed by atoms with van der Waals surface area (Å²) in [5, 5.41) is 0. The molecular weight excluding hydrogens is 147 g/mol. The maximum Gasteiger partial charge on any atom is 0.155 e. The minimum absolute atomic E-state index is 0. The summed E-state index contributed by atoms with van der Waals surface area (Å²) in [6.45, 7) is 3.48. The predicted molar refractivity (Wildman–Crippen MR) is 40.6 cm³/mol. The van der Waals surface area contributed by atoms with Crippen LogP contribution in [0.5, 0.6) is 0 Å². The number of hydrogen-bond acceptors (Lipinski definition) is 2. The van der Waals surface area contributed by atoms with Gasteiger partial charge in [-0.2, -0.15) is 0 Å². The molecular formula is C5H10NaO2S. The van der Waals surface area contributed by atoms with Gasteiger partial charge in [0.25, 0.3) is 0 Å². The molecule has 0 aromatic heterocycles. The Hall–Kier alpha value is 0.850. The van der Waals surface area contributed by atoms with Crippen LogP contribution in [-0.4, -0.2) is 46.6 Å². The van der Waals surface area contributed by atoms with E-state index in [4.69, 9.17) is 0 Å². The molecule has 0 fully saturated rings. The normalized spacial score (nSPS) is 11.7. The molecule has 0 spiro atoms. The Balaban J connectivity index is 0. The molecule has 0 saturated heterocycles. The van der Waals surface area contributed by atoms with E-state index in [1.54, 1.807) is 6.08 Å². The van der Waals surface area contributed by atoms with Crippen LogP contribution in [0.4, 0.5) is 0 Å². The first-order valence-corrected chi connectivity index (χ1v) is 3.59. The van der Waals surface area contributed by atoms with Gasteiger partial charge in [0.05, 0.1) is 12.9 Å². The zero-order valence-electron chi connectivity index (χ0n) is 5.92. The van der Waals surface area contributed by atoms with Crippen LogP contribution < -0.4 is 0 Å². The van der Waals surface area contributed by atoms with Crippen molar-refractivity contribution in [3.63, 3.8) is 0 Å². The molecule has 9 heavy (non-hydrogen) atoms. The van der Waals surface area contributed by atoms with Crippen LogP contribution in [0.2, 0.25) is 0 Å². The van der Waals surface area contributed by atoms with E-state index in [0.29, 0.717) is 5.75 Å². The number of allylic oxidation sites excluding steroid dienone is 1. The molecule has 0 saturated carbocycles. The Morgan fingerprint density at radius 2 is 2.33 bits per heavy atom. The Kier molecular flexibility index (Phi) is 12.3. The van der Waals surface area contributed by atoms with Crippen molar-refractivity contribution < 1.29 is 8.39 Å². The van der Waals surface area contributed by atoms with Crippen LogP contribution in [0.15, 0.2) is 12.7 Å². The molecule has 1 atom stereocenters. The van der Waals surface area contributed by atoms with Gasteiger partial charge in [0.15, 0.2) is 11.1 Å². The van der Waals surface area contributed by atoms with Gasteiger partial charge in [-0.3, -0.25) is 4.18 Å². The molecule has 1 radical (unpaired) electrons. The average Bonchev–Trinajstić information content (AvgIpc) is 1.83. The van der Waals surface area contributed by atoms with Crippen LogP contribution >= 0.6 is 0 Å². The number of rotatable bonds is 4. The smallest absolute Gasteiger partial charge is 0.155 e. The van der Waals surface area contributed by atoms with Crippen molar-refractivity contribution in [1.29, 1.82) is 0 Å². The largest absolute Gasteiger partial charge is 0.294 e. The average molecular weight is 157 g/mol. The first kappa shape index (κ1) is 12.5. The topological polar surface area (TPSA) is 26.3 Å². The second-order valence-corrected chi connectivity index (χ2v) is 2.60. The van der Waals surface area contributed by atoms with E-state index in [1.807, 2.05) is 0 Å². The number of hydrogen-bond donors (Lipinski definition) is 0. The monoisotopic (exact) mass is 157 g/mol. The van der Waals surface area contributed by atoms with Gasteiger partial charge in [0.2, 0.25) is 0 Å². The van der Waals surface area contributed by atoms with Crippen molar-refractivity contribution in [2.45, 2.75) is 6.42 Å². The van der Waals surface area contributed by atoms with Crippen molar-refractivity contribution in [2.75, 3.05) is 12.9 Å². The van der Waals surface area contributed by atoms with E-state index in [0.717, 1.165) is 6.42 Å². The standard InChI is InChI=1S/C5H10O2S.Na/c1-3-4-5-8(6)7-2;/h3H,1,4-5H2,2H3;. The summed E-state index contributed by atoms with van der Waals surface area (Å²) in [6, 6.07) is 0. The molecule has 4 heteroatoms. The molecule has 2 nitrogen and oxygen atoms in total. The molecule has 0 bridgehead atoms. The molecule has 0 N–H and O–H groups in total. The molecule has 0 amide bonds. The summed E-state index contributed by atoms with van der Waals surface area (Å²) >= 11 is -1.10. The second kappa shape index (κ2) is 8.85. The molecule has 0 aromatic carbocycles. The molecule has 49 valence electrons. The van der Waals surface area contributed by atoms with Crippen molar-refractivity contribution >= 4 is 40.6 Å². The van der Waals surface area contributed by atoms with Crippen molar-refractivity contribution in [2.24, 2.45) is 0 Å². The fourth-order valence-electron chi connectivity index (χ4n) is 0.263. The van der Waals surface area contributed by atoms with Gasteiger partial charge in [-0.25, -0.2) is 4.21 Å². The summed E-state index contributed by atoms with van der Waals surface area (Å²) in [4.78, 5) is 0. The van der Waals surface area contributed by atoms with Crippen LogP contribution in [0.1, 0.15) is 6.42 Å². The van der Waals surface area contributed by atoms with Crippen LogP contribution in [0.3, 0.4) is 0 Å². The maximum atomic E-state index is 10.4. The molecule has 0 aliphatic rings. The quantitative estimate of drug-likeness (QED) is 0.438. The Labute approximate surface area is 80.6 Å². The van der Waals surface area contributed by atoms with Gasteiger partial charge in [-0.15, -0.1) is 6.58 Å². The first-order valence-electron chi connectivity index (χ1n) is 2.35. The summed E-state index contributed by atoms with van der Waals surface area (Å²) < 4.78 is 14.9. The summed E-state index contributed by atoms with van der Waals surface area (Å²) in [5.41, 5.74) is 0. The van der Waals surface area contributed by atoms with E-state index >= 15 is 0 Å². The minimum Gasteiger partial charge on any atom is -0.294 e. The third kappa shape index (κ3) is 8.85. The summed E-state index contributed by atoms with van der Waals surface area (Å²) in [7, 11) is 1.43. The van der Waals surface area contributed by atoms with Gasteiger partial charge < -0.3 is 0 Å². The predicted octanol–water partition coefficient (Wildman–Crippen LogP) is 0.492. The Bertz CT molecular complexity index is 95.0. The van der Waals surface area contributed by atoms with E-state index < -0.39 is 11.1 Å². The van der Waals surface area contributed by atoms with Crippen LogP contribution in [-0.2, 0) is 15.3 Å². The molecule has 1 unspecified atom stereocenters. The minimum atomic E-state index is -1.10. The van der Waals surface area contributed by atoms with Gasteiger partial charge in [0.1, 0.15) is 0 Å². The van der Waals surface area contributed by atoms with Crippen molar-refractivity contribution in [3.05, 3.63) is 12.7 Å². The molecule has 0 rings (SSSR count). The zero-order chi connectivity index (χ0) is 6.41. The zero-order valence-corrected chi connectivity index (χ0v) is 8.74. The fourth-order valence-corrected chi connectivity index (χ4v) is 0.789. The van der Waals surface area contributed by atoms with E-state index in [-0.39, 0.29) is 29.6 Å². The first-order chi connectivity index (χ1) is 3.81. The molecule has 0 aliphatic heterocycles. The van der Waals surface area contributed by atoms with Crippen molar-refractivity contribution in [3.8, 4) is 0 Å². The second-order valence-electron chi connectivity index (χ2n) is 1.25.